The summed E-state index contributed by atoms with van der Waals surface area (Å²) in [5, 5.41) is 0.913. The zero-order valence-corrected chi connectivity index (χ0v) is 14.1. The fourth-order valence-electron chi connectivity index (χ4n) is 1.94. The first kappa shape index (κ1) is 16.1. The predicted molar refractivity (Wildman–Crippen MR) is 87.5 cm³/mol. The van der Waals surface area contributed by atoms with Crippen LogP contribution in [0.3, 0.4) is 0 Å². The van der Waals surface area contributed by atoms with Gasteiger partial charge in [-0.25, -0.2) is 4.79 Å². The van der Waals surface area contributed by atoms with E-state index in [0.29, 0.717) is 17.1 Å². The molecule has 0 saturated heterocycles. The summed E-state index contributed by atoms with van der Waals surface area (Å²) in [6.45, 7) is 1.83. The van der Waals surface area contributed by atoms with Gasteiger partial charge in [-0.15, -0.1) is 0 Å². The second-order valence-electron chi connectivity index (χ2n) is 4.67. The summed E-state index contributed by atoms with van der Waals surface area (Å²) < 4.78 is 10.8. The second kappa shape index (κ2) is 7.13. The van der Waals surface area contributed by atoms with E-state index in [4.69, 9.17) is 9.15 Å². The van der Waals surface area contributed by atoms with Gasteiger partial charge in [0.15, 0.2) is 0 Å². The zero-order chi connectivity index (χ0) is 15.4. The lowest BCUT2D eigenvalue weighted by Gasteiger charge is -2.09. The molecule has 0 spiro atoms. The maximum atomic E-state index is 11.6. The Hall–Kier alpha value is -1.27. The number of halogens is 1. The predicted octanol–water partition coefficient (Wildman–Crippen LogP) is 3.60. The Bertz CT molecular complexity index is 710. The minimum absolute atomic E-state index is 0.166. The first-order valence-corrected chi connectivity index (χ1v) is 8.34. The molecular formula is C15H15BrO4S. The molecule has 0 aliphatic carbocycles. The van der Waals surface area contributed by atoms with Crippen LogP contribution in [0.25, 0.3) is 11.0 Å². The van der Waals surface area contributed by atoms with Crippen LogP contribution in [0.15, 0.2) is 37.9 Å². The molecule has 21 heavy (non-hydrogen) atoms. The lowest BCUT2D eigenvalue weighted by Crippen LogP contribution is -2.15. The number of methoxy groups -OCH3 is 1. The van der Waals surface area contributed by atoms with Crippen LogP contribution in [0, 0.1) is 5.92 Å². The summed E-state index contributed by atoms with van der Waals surface area (Å²) in [5.41, 5.74) is 1.11. The Morgan fingerprint density at radius 2 is 2.19 bits per heavy atom. The van der Waals surface area contributed by atoms with Gasteiger partial charge >= 0.3 is 11.6 Å². The number of ether oxygens (including phenoxy) is 1. The van der Waals surface area contributed by atoms with Crippen molar-refractivity contribution in [3.05, 3.63) is 44.7 Å². The van der Waals surface area contributed by atoms with Crippen molar-refractivity contribution >= 4 is 44.6 Å². The minimum Gasteiger partial charge on any atom is -0.469 e. The smallest absolute Gasteiger partial charge is 0.336 e. The average molecular weight is 371 g/mol. The van der Waals surface area contributed by atoms with Crippen molar-refractivity contribution in [2.75, 3.05) is 12.9 Å². The summed E-state index contributed by atoms with van der Waals surface area (Å²) >= 11 is 4.95. The van der Waals surface area contributed by atoms with Crippen LogP contribution in [0.1, 0.15) is 12.5 Å². The van der Waals surface area contributed by atoms with Crippen molar-refractivity contribution in [3.8, 4) is 0 Å². The number of carbonyl (C=O) groups excluding carboxylic acids is 1. The third-order valence-corrected chi connectivity index (χ3v) is 4.77. The molecule has 0 aliphatic rings. The molecule has 0 radical (unpaired) electrons. The number of thioether (sulfide) groups is 1. The van der Waals surface area contributed by atoms with Crippen molar-refractivity contribution in [2.24, 2.45) is 5.92 Å². The van der Waals surface area contributed by atoms with E-state index >= 15 is 0 Å². The molecule has 1 aromatic heterocycles. The molecule has 4 nitrogen and oxygen atoms in total. The van der Waals surface area contributed by atoms with E-state index in [1.165, 1.54) is 13.2 Å². The van der Waals surface area contributed by atoms with Gasteiger partial charge in [-0.05, 0) is 23.8 Å². The van der Waals surface area contributed by atoms with E-state index in [9.17, 15) is 9.59 Å². The summed E-state index contributed by atoms with van der Waals surface area (Å²) in [6, 6.07) is 7.11. The summed E-state index contributed by atoms with van der Waals surface area (Å²) in [5.74, 6) is 0.903. The average Bonchev–Trinajstić information content (AvgIpc) is 2.45. The number of hydrogen-bond donors (Lipinski definition) is 0. The second-order valence-corrected chi connectivity index (χ2v) is 6.62. The molecule has 6 heteroatoms. The maximum absolute atomic E-state index is 11.6. The van der Waals surface area contributed by atoms with Crippen molar-refractivity contribution in [3.63, 3.8) is 0 Å². The minimum atomic E-state index is -0.364. The van der Waals surface area contributed by atoms with Crippen LogP contribution in [-0.4, -0.2) is 18.8 Å². The standard InChI is InChI=1S/C15H15BrO4S/c1-9(15(18)19-2)7-21-8-10-5-14(17)20-13-6-11(16)3-4-12(10)13/h3-6,9H,7-8H2,1-2H3. The van der Waals surface area contributed by atoms with E-state index < -0.39 is 0 Å². The highest BCUT2D eigenvalue weighted by Crippen LogP contribution is 2.25. The highest BCUT2D eigenvalue weighted by molar-refractivity contribution is 9.10. The first-order valence-electron chi connectivity index (χ1n) is 6.39. The highest BCUT2D eigenvalue weighted by atomic mass is 79.9. The van der Waals surface area contributed by atoms with Crippen molar-refractivity contribution in [2.45, 2.75) is 12.7 Å². The van der Waals surface area contributed by atoms with Gasteiger partial charge in [0.25, 0.3) is 0 Å². The number of benzene rings is 1. The van der Waals surface area contributed by atoms with Crippen LogP contribution in [0.5, 0.6) is 0 Å². The van der Waals surface area contributed by atoms with Gasteiger partial charge in [0.05, 0.1) is 13.0 Å². The monoisotopic (exact) mass is 370 g/mol. The van der Waals surface area contributed by atoms with Gasteiger partial charge in [-0.2, -0.15) is 11.8 Å². The fraction of sp³-hybridized carbons (Fsp3) is 0.333. The third-order valence-electron chi connectivity index (χ3n) is 3.02. The van der Waals surface area contributed by atoms with Gasteiger partial charge in [0.2, 0.25) is 0 Å². The fourth-order valence-corrected chi connectivity index (χ4v) is 3.34. The Morgan fingerprint density at radius 1 is 1.43 bits per heavy atom. The summed E-state index contributed by atoms with van der Waals surface area (Å²) in [6.07, 6.45) is 0. The Morgan fingerprint density at radius 3 is 2.90 bits per heavy atom. The van der Waals surface area contributed by atoms with Crippen molar-refractivity contribution in [1.82, 2.24) is 0 Å². The lowest BCUT2D eigenvalue weighted by atomic mass is 10.1. The van der Waals surface area contributed by atoms with Crippen molar-refractivity contribution in [1.29, 1.82) is 0 Å². The van der Waals surface area contributed by atoms with E-state index in [1.807, 2.05) is 19.1 Å². The summed E-state index contributed by atoms with van der Waals surface area (Å²) in [4.78, 5) is 23.0. The van der Waals surface area contributed by atoms with Crippen molar-refractivity contribution < 1.29 is 13.9 Å². The molecular weight excluding hydrogens is 356 g/mol. The number of esters is 1. The topological polar surface area (TPSA) is 56.5 Å². The van der Waals surface area contributed by atoms with E-state index in [1.54, 1.807) is 17.8 Å². The molecule has 2 rings (SSSR count). The lowest BCUT2D eigenvalue weighted by molar-refractivity contribution is -0.143. The molecule has 2 aromatic rings. The molecule has 1 atom stereocenters. The number of hydrogen-bond acceptors (Lipinski definition) is 5. The van der Waals surface area contributed by atoms with Gasteiger partial charge in [0, 0.05) is 27.4 Å². The molecule has 0 fully saturated rings. The zero-order valence-electron chi connectivity index (χ0n) is 11.7. The maximum Gasteiger partial charge on any atom is 0.336 e. The van der Waals surface area contributed by atoms with Gasteiger partial charge in [-0.1, -0.05) is 22.9 Å². The SMILES string of the molecule is COC(=O)C(C)CSCc1cc(=O)oc2cc(Br)ccc12. The molecule has 1 heterocycles. The molecule has 1 aromatic carbocycles. The summed E-state index contributed by atoms with van der Waals surface area (Å²) in [7, 11) is 1.39. The highest BCUT2D eigenvalue weighted by Gasteiger charge is 2.13. The van der Waals surface area contributed by atoms with Gasteiger partial charge < -0.3 is 9.15 Å². The largest absolute Gasteiger partial charge is 0.469 e. The Balaban J connectivity index is 2.15. The van der Waals surface area contributed by atoms with Crippen LogP contribution < -0.4 is 5.63 Å². The van der Waals surface area contributed by atoms with E-state index in [-0.39, 0.29) is 17.5 Å². The normalized spacial score (nSPS) is 12.3. The molecule has 112 valence electrons. The molecule has 0 aliphatic heterocycles. The molecule has 0 N–H and O–H groups in total. The van der Waals surface area contributed by atoms with Crippen LogP contribution in [0.2, 0.25) is 0 Å². The van der Waals surface area contributed by atoms with E-state index in [2.05, 4.69) is 15.9 Å². The Labute approximate surface area is 135 Å². The molecule has 0 amide bonds. The Kier molecular flexibility index (Phi) is 5.47. The van der Waals surface area contributed by atoms with Gasteiger partial charge in [-0.3, -0.25) is 4.79 Å². The van der Waals surface area contributed by atoms with Gasteiger partial charge in [0.1, 0.15) is 5.58 Å². The number of carbonyl (C=O) groups is 1. The quantitative estimate of drug-likeness (QED) is 0.594. The van der Waals surface area contributed by atoms with Crippen LogP contribution >= 0.6 is 27.7 Å². The molecule has 1 unspecified atom stereocenters. The first-order chi connectivity index (χ1) is 10.0. The van der Waals surface area contributed by atoms with Crippen LogP contribution in [-0.2, 0) is 15.3 Å². The van der Waals surface area contributed by atoms with E-state index in [0.717, 1.165) is 15.4 Å². The third kappa shape index (κ3) is 4.11. The number of rotatable bonds is 5. The molecule has 0 bridgehead atoms. The number of fused-ring (bicyclic) bond motifs is 1. The van der Waals surface area contributed by atoms with Crippen LogP contribution in [0.4, 0.5) is 0 Å². The molecule has 0 saturated carbocycles.